The van der Waals surface area contributed by atoms with Crippen molar-refractivity contribution in [1.29, 1.82) is 0 Å². The molecule has 1 N–H and O–H groups in total. The molecule has 94 valence electrons. The Morgan fingerprint density at radius 3 is 3.18 bits per heavy atom. The van der Waals surface area contributed by atoms with Crippen LogP contribution in [-0.4, -0.2) is 33.7 Å². The van der Waals surface area contributed by atoms with Crippen LogP contribution in [0, 0.1) is 0 Å². The number of halogens is 1. The minimum atomic E-state index is -0.221. The van der Waals surface area contributed by atoms with E-state index in [0.717, 1.165) is 19.5 Å². The fraction of sp³-hybridized carbons (Fsp3) is 0.615. The quantitative estimate of drug-likeness (QED) is 0.839. The van der Waals surface area contributed by atoms with Gasteiger partial charge in [-0.3, -0.25) is 4.90 Å². The first kappa shape index (κ1) is 12.8. The van der Waals surface area contributed by atoms with E-state index < -0.39 is 0 Å². The Labute approximate surface area is 107 Å². The second-order valence-electron chi connectivity index (χ2n) is 4.84. The van der Waals surface area contributed by atoms with E-state index in [0.29, 0.717) is 11.2 Å². The van der Waals surface area contributed by atoms with Crippen molar-refractivity contribution >= 4 is 11.6 Å². The lowest BCUT2D eigenvalue weighted by atomic mass is 10.1. The molecule has 2 atom stereocenters. The molecule has 1 fully saturated rings. The summed E-state index contributed by atoms with van der Waals surface area (Å²) >= 11 is 5.88. The molecule has 1 saturated heterocycles. The smallest absolute Gasteiger partial charge is 0.129 e. The third kappa shape index (κ3) is 3.66. The van der Waals surface area contributed by atoms with Crippen LogP contribution in [0.25, 0.3) is 0 Å². The average molecular weight is 255 g/mol. The van der Waals surface area contributed by atoms with Gasteiger partial charge in [0.25, 0.3) is 0 Å². The number of pyridine rings is 1. The summed E-state index contributed by atoms with van der Waals surface area (Å²) in [7, 11) is 0. The molecule has 3 nitrogen and oxygen atoms in total. The maximum absolute atomic E-state index is 9.48. The summed E-state index contributed by atoms with van der Waals surface area (Å²) in [6.45, 7) is 3.87. The summed E-state index contributed by atoms with van der Waals surface area (Å²) in [5.41, 5.74) is 1.20. The van der Waals surface area contributed by atoms with Gasteiger partial charge in [-0.2, -0.15) is 0 Å². The lowest BCUT2D eigenvalue weighted by Gasteiger charge is -2.25. The molecule has 2 heterocycles. The molecule has 0 saturated carbocycles. The summed E-state index contributed by atoms with van der Waals surface area (Å²) in [5.74, 6) is 0. The van der Waals surface area contributed by atoms with Crippen LogP contribution in [0.2, 0.25) is 5.15 Å². The molecular weight excluding hydrogens is 236 g/mol. The van der Waals surface area contributed by atoms with Crippen molar-refractivity contribution in [3.8, 4) is 0 Å². The van der Waals surface area contributed by atoms with Crippen LogP contribution in [-0.2, 0) is 6.54 Å². The molecule has 2 unspecified atom stereocenters. The molecule has 0 spiro atoms. The molecule has 1 aromatic heterocycles. The molecule has 1 aromatic rings. The van der Waals surface area contributed by atoms with Crippen LogP contribution in [0.15, 0.2) is 18.3 Å². The van der Waals surface area contributed by atoms with E-state index in [1.165, 1.54) is 18.4 Å². The topological polar surface area (TPSA) is 36.4 Å². The first-order valence-electron chi connectivity index (χ1n) is 6.17. The first-order chi connectivity index (χ1) is 8.15. The summed E-state index contributed by atoms with van der Waals surface area (Å²) < 4.78 is 0. The van der Waals surface area contributed by atoms with Gasteiger partial charge in [-0.15, -0.1) is 0 Å². The second kappa shape index (κ2) is 5.80. The Morgan fingerprint density at radius 2 is 2.47 bits per heavy atom. The van der Waals surface area contributed by atoms with Crippen LogP contribution < -0.4 is 0 Å². The number of nitrogens with zero attached hydrogens (tertiary/aromatic N) is 2. The van der Waals surface area contributed by atoms with Crippen molar-refractivity contribution in [3.63, 3.8) is 0 Å². The number of hydrogen-bond acceptors (Lipinski definition) is 3. The molecule has 2 rings (SSSR count). The van der Waals surface area contributed by atoms with Gasteiger partial charge >= 0.3 is 0 Å². The van der Waals surface area contributed by atoms with Crippen molar-refractivity contribution in [1.82, 2.24) is 9.88 Å². The molecule has 0 aromatic carbocycles. The van der Waals surface area contributed by atoms with Gasteiger partial charge in [0.1, 0.15) is 5.15 Å². The molecule has 0 amide bonds. The summed E-state index contributed by atoms with van der Waals surface area (Å²) in [4.78, 5) is 6.42. The highest BCUT2D eigenvalue weighted by Crippen LogP contribution is 2.23. The maximum atomic E-state index is 9.48. The van der Waals surface area contributed by atoms with Crippen molar-refractivity contribution in [2.75, 3.05) is 6.54 Å². The molecule has 0 aliphatic carbocycles. The van der Waals surface area contributed by atoms with E-state index in [9.17, 15) is 5.11 Å². The molecular formula is C13H19ClN2O. The van der Waals surface area contributed by atoms with Gasteiger partial charge in [0.05, 0.1) is 6.10 Å². The fourth-order valence-corrected chi connectivity index (χ4v) is 2.74. The van der Waals surface area contributed by atoms with E-state index in [-0.39, 0.29) is 6.10 Å². The van der Waals surface area contributed by atoms with Gasteiger partial charge < -0.3 is 5.11 Å². The van der Waals surface area contributed by atoms with Gasteiger partial charge in [0.15, 0.2) is 0 Å². The largest absolute Gasteiger partial charge is 0.393 e. The van der Waals surface area contributed by atoms with Gasteiger partial charge in [-0.1, -0.05) is 11.6 Å². The predicted octanol–water partition coefficient (Wildman–Crippen LogP) is 2.47. The zero-order valence-corrected chi connectivity index (χ0v) is 10.9. The number of hydrogen-bond donors (Lipinski definition) is 1. The fourth-order valence-electron chi connectivity index (χ4n) is 2.54. The highest BCUT2D eigenvalue weighted by atomic mass is 35.5. The van der Waals surface area contributed by atoms with Crippen molar-refractivity contribution in [2.24, 2.45) is 0 Å². The number of likely N-dealkylation sites (tertiary alicyclic amines) is 1. The Kier molecular flexibility index (Phi) is 4.37. The lowest BCUT2D eigenvalue weighted by Crippen LogP contribution is -2.31. The summed E-state index contributed by atoms with van der Waals surface area (Å²) in [6.07, 6.45) is 4.79. The summed E-state index contributed by atoms with van der Waals surface area (Å²) in [5, 5.41) is 10.0. The maximum Gasteiger partial charge on any atom is 0.129 e. The third-order valence-electron chi connectivity index (χ3n) is 3.29. The third-order valence-corrected chi connectivity index (χ3v) is 3.50. The molecule has 0 radical (unpaired) electrons. The van der Waals surface area contributed by atoms with E-state index in [1.54, 1.807) is 6.20 Å². The van der Waals surface area contributed by atoms with Gasteiger partial charge in [0.2, 0.25) is 0 Å². The van der Waals surface area contributed by atoms with E-state index in [2.05, 4.69) is 9.88 Å². The number of rotatable bonds is 4. The molecule has 1 aliphatic rings. The minimum absolute atomic E-state index is 0.221. The molecule has 0 bridgehead atoms. The Bertz CT molecular complexity index is 370. The van der Waals surface area contributed by atoms with E-state index in [1.807, 2.05) is 19.1 Å². The lowest BCUT2D eigenvalue weighted by molar-refractivity contribution is 0.131. The zero-order chi connectivity index (χ0) is 12.3. The highest BCUT2D eigenvalue weighted by Gasteiger charge is 2.25. The highest BCUT2D eigenvalue weighted by molar-refractivity contribution is 6.29. The minimum Gasteiger partial charge on any atom is -0.393 e. The molecule has 4 heteroatoms. The van der Waals surface area contributed by atoms with Crippen LogP contribution in [0.1, 0.15) is 31.7 Å². The number of aliphatic hydroxyl groups excluding tert-OH is 1. The van der Waals surface area contributed by atoms with Crippen LogP contribution in [0.3, 0.4) is 0 Å². The first-order valence-corrected chi connectivity index (χ1v) is 6.55. The predicted molar refractivity (Wildman–Crippen MR) is 69.0 cm³/mol. The Morgan fingerprint density at radius 1 is 1.65 bits per heavy atom. The van der Waals surface area contributed by atoms with E-state index >= 15 is 0 Å². The van der Waals surface area contributed by atoms with Crippen molar-refractivity contribution < 1.29 is 5.11 Å². The van der Waals surface area contributed by atoms with Crippen LogP contribution >= 0.6 is 11.6 Å². The second-order valence-corrected chi connectivity index (χ2v) is 5.23. The molecule has 17 heavy (non-hydrogen) atoms. The van der Waals surface area contributed by atoms with Gasteiger partial charge in [-0.25, -0.2) is 4.98 Å². The average Bonchev–Trinajstić information content (AvgIpc) is 2.65. The number of aliphatic hydroxyl groups is 1. The van der Waals surface area contributed by atoms with Crippen LogP contribution in [0.4, 0.5) is 0 Å². The van der Waals surface area contributed by atoms with Gasteiger partial charge in [0, 0.05) is 18.8 Å². The zero-order valence-electron chi connectivity index (χ0n) is 10.1. The SMILES string of the molecule is CC(O)CC1CCCN1Cc1ccnc(Cl)c1. The Balaban J connectivity index is 1.97. The molecule has 1 aliphatic heterocycles. The van der Waals surface area contributed by atoms with Crippen molar-refractivity contribution in [2.45, 2.75) is 44.9 Å². The number of aromatic nitrogens is 1. The van der Waals surface area contributed by atoms with E-state index in [4.69, 9.17) is 11.6 Å². The van der Waals surface area contributed by atoms with Gasteiger partial charge in [-0.05, 0) is 50.4 Å². The summed E-state index contributed by atoms with van der Waals surface area (Å²) in [6, 6.07) is 4.42. The normalized spacial score (nSPS) is 22.9. The van der Waals surface area contributed by atoms with Crippen LogP contribution in [0.5, 0.6) is 0 Å². The standard InChI is InChI=1S/C13H19ClN2O/c1-10(17)7-12-3-2-6-16(12)9-11-4-5-15-13(14)8-11/h4-5,8,10,12,17H,2-3,6-7,9H2,1H3. The Hall–Kier alpha value is -0.640. The monoisotopic (exact) mass is 254 g/mol. The van der Waals surface area contributed by atoms with Crippen molar-refractivity contribution in [3.05, 3.63) is 29.0 Å².